The fourth-order valence-corrected chi connectivity index (χ4v) is 2.93. The highest BCUT2D eigenvalue weighted by molar-refractivity contribution is 9.10. The number of rotatable bonds is 2. The zero-order valence-electron chi connectivity index (χ0n) is 10.9. The quantitative estimate of drug-likeness (QED) is 0.647. The van der Waals surface area contributed by atoms with Gasteiger partial charge in [0.05, 0.1) is 0 Å². The molecule has 0 bridgehead atoms. The fourth-order valence-electron chi connectivity index (χ4n) is 2.26. The number of hydrogen-bond donors (Lipinski definition) is 0. The van der Waals surface area contributed by atoms with E-state index in [1.54, 1.807) is 12.4 Å². The van der Waals surface area contributed by atoms with Crippen molar-refractivity contribution < 1.29 is 4.79 Å². The van der Waals surface area contributed by atoms with Gasteiger partial charge in [0.1, 0.15) is 0 Å². The molecular formula is C17H12BrNO. The third-order valence-corrected chi connectivity index (χ3v) is 3.95. The van der Waals surface area contributed by atoms with E-state index in [0.717, 1.165) is 20.8 Å². The number of ketones is 1. The lowest BCUT2D eigenvalue weighted by Crippen LogP contribution is -2.03. The van der Waals surface area contributed by atoms with Crippen molar-refractivity contribution in [2.75, 3.05) is 0 Å². The van der Waals surface area contributed by atoms with Crippen LogP contribution in [-0.4, -0.2) is 10.8 Å². The van der Waals surface area contributed by atoms with Crippen molar-refractivity contribution in [1.29, 1.82) is 0 Å². The van der Waals surface area contributed by atoms with Crippen LogP contribution in [0.2, 0.25) is 0 Å². The molecule has 0 atom stereocenters. The Kier molecular flexibility index (Phi) is 3.36. The van der Waals surface area contributed by atoms with Crippen molar-refractivity contribution in [2.24, 2.45) is 0 Å². The van der Waals surface area contributed by atoms with Crippen LogP contribution in [0.3, 0.4) is 0 Å². The van der Waals surface area contributed by atoms with Crippen molar-refractivity contribution in [1.82, 2.24) is 4.98 Å². The number of carbonyl (C=O) groups is 1. The third-order valence-electron chi connectivity index (χ3n) is 3.30. The molecule has 2 aromatic carbocycles. The second-order valence-corrected chi connectivity index (χ2v) is 5.57. The molecule has 2 nitrogen and oxygen atoms in total. The number of nitrogens with zero attached hydrogens (tertiary/aromatic N) is 1. The van der Waals surface area contributed by atoms with Gasteiger partial charge in [-0.2, -0.15) is 0 Å². The van der Waals surface area contributed by atoms with Crippen LogP contribution in [0, 0.1) is 6.92 Å². The summed E-state index contributed by atoms with van der Waals surface area (Å²) in [6, 6.07) is 13.4. The van der Waals surface area contributed by atoms with Crippen molar-refractivity contribution in [3.8, 4) is 0 Å². The molecule has 0 radical (unpaired) electrons. The fraction of sp³-hybridized carbons (Fsp3) is 0.0588. The molecule has 0 aliphatic heterocycles. The molecule has 0 spiro atoms. The normalized spacial score (nSPS) is 10.7. The highest BCUT2D eigenvalue weighted by Gasteiger charge is 2.15. The van der Waals surface area contributed by atoms with E-state index in [1.807, 2.05) is 49.4 Å². The minimum Gasteiger partial charge on any atom is -0.289 e. The number of benzene rings is 2. The molecule has 0 aliphatic carbocycles. The Morgan fingerprint density at radius 1 is 1.10 bits per heavy atom. The van der Waals surface area contributed by atoms with Crippen molar-refractivity contribution in [3.05, 3.63) is 76.0 Å². The first-order chi connectivity index (χ1) is 9.66. The number of carbonyl (C=O) groups excluding carboxylic acids is 1. The van der Waals surface area contributed by atoms with E-state index in [1.165, 1.54) is 0 Å². The Morgan fingerprint density at radius 2 is 1.95 bits per heavy atom. The second kappa shape index (κ2) is 5.17. The van der Waals surface area contributed by atoms with Crippen LogP contribution in [0.5, 0.6) is 0 Å². The third kappa shape index (κ3) is 2.25. The Labute approximate surface area is 125 Å². The number of pyridine rings is 1. The first kappa shape index (κ1) is 13.0. The predicted octanol–water partition coefficient (Wildman–Crippen LogP) is 4.54. The lowest BCUT2D eigenvalue weighted by Gasteiger charge is -2.07. The molecule has 0 N–H and O–H groups in total. The summed E-state index contributed by atoms with van der Waals surface area (Å²) in [5.41, 5.74) is 2.47. The largest absolute Gasteiger partial charge is 0.289 e. The van der Waals surface area contributed by atoms with E-state index in [9.17, 15) is 4.79 Å². The zero-order chi connectivity index (χ0) is 14.1. The first-order valence-electron chi connectivity index (χ1n) is 6.30. The van der Waals surface area contributed by atoms with Crippen molar-refractivity contribution >= 4 is 32.5 Å². The van der Waals surface area contributed by atoms with Crippen LogP contribution in [0.25, 0.3) is 10.8 Å². The standard InChI is InChI=1S/C17H12BrNO/c1-11-5-6-14(16(18)9-11)17(20)13-4-2-3-12-7-8-19-10-15(12)13/h2-10H,1H3. The van der Waals surface area contributed by atoms with Gasteiger partial charge in [-0.15, -0.1) is 0 Å². The summed E-state index contributed by atoms with van der Waals surface area (Å²) in [7, 11) is 0. The van der Waals surface area contributed by atoms with E-state index < -0.39 is 0 Å². The highest BCUT2D eigenvalue weighted by atomic mass is 79.9. The minimum absolute atomic E-state index is 0.00970. The van der Waals surface area contributed by atoms with Crippen molar-refractivity contribution in [3.63, 3.8) is 0 Å². The summed E-state index contributed by atoms with van der Waals surface area (Å²) in [5, 5.41) is 1.90. The Balaban J connectivity index is 2.18. The number of fused-ring (bicyclic) bond motifs is 1. The van der Waals surface area contributed by atoms with E-state index in [4.69, 9.17) is 0 Å². The predicted molar refractivity (Wildman–Crippen MR) is 84.1 cm³/mol. The topological polar surface area (TPSA) is 30.0 Å². The van der Waals surface area contributed by atoms with Gasteiger partial charge in [-0.25, -0.2) is 0 Å². The molecule has 3 heteroatoms. The Bertz CT molecular complexity index is 806. The SMILES string of the molecule is Cc1ccc(C(=O)c2cccc3ccncc23)c(Br)c1. The number of hydrogen-bond acceptors (Lipinski definition) is 2. The van der Waals surface area contributed by atoms with Crippen molar-refractivity contribution in [2.45, 2.75) is 6.92 Å². The van der Waals surface area contributed by atoms with E-state index in [0.29, 0.717) is 11.1 Å². The average Bonchev–Trinajstić information content (AvgIpc) is 2.46. The van der Waals surface area contributed by atoms with Crippen LogP contribution in [0.4, 0.5) is 0 Å². The maximum absolute atomic E-state index is 12.7. The van der Waals surface area contributed by atoms with Gasteiger partial charge in [-0.3, -0.25) is 9.78 Å². The number of halogens is 1. The monoisotopic (exact) mass is 325 g/mol. The lowest BCUT2D eigenvalue weighted by atomic mass is 9.98. The maximum atomic E-state index is 12.7. The van der Waals surface area contributed by atoms with Gasteiger partial charge in [-0.1, -0.05) is 40.2 Å². The average molecular weight is 326 g/mol. The molecule has 20 heavy (non-hydrogen) atoms. The van der Waals surface area contributed by atoms with E-state index in [-0.39, 0.29) is 5.78 Å². The smallest absolute Gasteiger partial charge is 0.194 e. The molecule has 0 fully saturated rings. The Morgan fingerprint density at radius 3 is 2.75 bits per heavy atom. The van der Waals surface area contributed by atoms with E-state index in [2.05, 4.69) is 20.9 Å². The summed E-state index contributed by atoms with van der Waals surface area (Å²) in [6.45, 7) is 2.00. The maximum Gasteiger partial charge on any atom is 0.194 e. The molecule has 3 aromatic rings. The minimum atomic E-state index is 0.00970. The van der Waals surface area contributed by atoms with Crippen LogP contribution in [0.15, 0.2) is 59.3 Å². The molecule has 98 valence electrons. The van der Waals surface area contributed by atoms with Gasteiger partial charge in [-0.05, 0) is 36.1 Å². The molecular weight excluding hydrogens is 314 g/mol. The van der Waals surface area contributed by atoms with Crippen LogP contribution in [-0.2, 0) is 0 Å². The molecule has 0 saturated heterocycles. The number of aromatic nitrogens is 1. The summed E-state index contributed by atoms with van der Waals surface area (Å²) in [6.07, 6.45) is 3.48. The molecule has 1 aromatic heterocycles. The second-order valence-electron chi connectivity index (χ2n) is 4.71. The summed E-state index contributed by atoms with van der Waals surface area (Å²) in [5.74, 6) is 0.00970. The Hall–Kier alpha value is -2.00. The molecule has 0 aliphatic rings. The summed E-state index contributed by atoms with van der Waals surface area (Å²) < 4.78 is 0.823. The lowest BCUT2D eigenvalue weighted by molar-refractivity contribution is 0.103. The summed E-state index contributed by atoms with van der Waals surface area (Å²) >= 11 is 3.47. The van der Waals surface area contributed by atoms with Gasteiger partial charge in [0, 0.05) is 33.4 Å². The van der Waals surface area contributed by atoms with Gasteiger partial charge in [0.25, 0.3) is 0 Å². The van der Waals surface area contributed by atoms with Gasteiger partial charge in [0.15, 0.2) is 5.78 Å². The van der Waals surface area contributed by atoms with Crippen LogP contribution >= 0.6 is 15.9 Å². The summed E-state index contributed by atoms with van der Waals surface area (Å²) in [4.78, 5) is 16.9. The molecule has 0 saturated carbocycles. The molecule has 1 heterocycles. The zero-order valence-corrected chi connectivity index (χ0v) is 12.5. The van der Waals surface area contributed by atoms with Gasteiger partial charge in [0.2, 0.25) is 0 Å². The first-order valence-corrected chi connectivity index (χ1v) is 7.10. The van der Waals surface area contributed by atoms with Gasteiger partial charge < -0.3 is 0 Å². The van der Waals surface area contributed by atoms with E-state index >= 15 is 0 Å². The molecule has 0 unspecified atom stereocenters. The number of aryl methyl sites for hydroxylation is 1. The van der Waals surface area contributed by atoms with Gasteiger partial charge >= 0.3 is 0 Å². The molecule has 3 rings (SSSR count). The molecule has 0 amide bonds. The highest BCUT2D eigenvalue weighted by Crippen LogP contribution is 2.25. The van der Waals surface area contributed by atoms with Crippen LogP contribution < -0.4 is 0 Å². The van der Waals surface area contributed by atoms with Crippen LogP contribution in [0.1, 0.15) is 21.5 Å².